The molecule has 0 radical (unpaired) electrons. The summed E-state index contributed by atoms with van der Waals surface area (Å²) in [6.45, 7) is 0.343. The molecule has 0 aromatic rings. The Morgan fingerprint density at radius 1 is 1.64 bits per heavy atom. The predicted octanol–water partition coefficient (Wildman–Crippen LogP) is -2.10. The molecule has 0 aliphatic carbocycles. The van der Waals surface area contributed by atoms with Gasteiger partial charge in [-0.15, -0.1) is 0 Å². The number of aliphatic imine (C=N–C) groups is 1. The molecular formula is C5H13N5O. The number of hydrogen-bond donors (Lipinski definition) is 4. The smallest absolute Gasteiger partial charge is 0.221 e. The molecule has 0 rings (SSSR count). The van der Waals surface area contributed by atoms with Gasteiger partial charge in [0.05, 0.1) is 6.54 Å². The molecular weight excluding hydrogens is 146 g/mol. The maximum Gasteiger partial charge on any atom is 0.221 e. The fourth-order valence-electron chi connectivity index (χ4n) is 0.449. The monoisotopic (exact) mass is 159 g/mol. The fraction of sp³-hybridized carbons (Fsp3) is 0.600. The maximum atomic E-state index is 10.6. The highest BCUT2D eigenvalue weighted by Gasteiger charge is 1.94. The lowest BCUT2D eigenvalue weighted by Gasteiger charge is -1.97. The number of hydrogen-bond acceptors (Lipinski definition) is 3. The molecule has 0 aromatic carbocycles. The third-order valence-corrected chi connectivity index (χ3v) is 1.05. The third kappa shape index (κ3) is 5.16. The predicted molar refractivity (Wildman–Crippen MR) is 42.5 cm³/mol. The summed E-state index contributed by atoms with van der Waals surface area (Å²) in [6.07, 6.45) is 0.318. The largest absolute Gasteiger partial charge is 0.369 e. The van der Waals surface area contributed by atoms with Crippen LogP contribution in [0.5, 0.6) is 0 Å². The minimum atomic E-state index is -0.0708. The van der Waals surface area contributed by atoms with E-state index in [0.29, 0.717) is 13.0 Å². The third-order valence-electron chi connectivity index (χ3n) is 1.05. The molecule has 64 valence electrons. The number of nitrogens with two attached hydrogens (primary N) is 2. The summed E-state index contributed by atoms with van der Waals surface area (Å²) in [5.41, 5.74) is 7.34. The second-order valence-corrected chi connectivity index (χ2v) is 1.83. The van der Waals surface area contributed by atoms with E-state index >= 15 is 0 Å². The second-order valence-electron chi connectivity index (χ2n) is 1.83. The van der Waals surface area contributed by atoms with Gasteiger partial charge in [-0.3, -0.25) is 15.2 Å². The zero-order chi connectivity index (χ0) is 8.69. The van der Waals surface area contributed by atoms with Crippen LogP contribution in [0.25, 0.3) is 0 Å². The minimum Gasteiger partial charge on any atom is -0.369 e. The Kier molecular flexibility index (Phi) is 4.83. The lowest BCUT2D eigenvalue weighted by Crippen LogP contribution is -2.37. The number of guanidine groups is 1. The van der Waals surface area contributed by atoms with Crippen molar-refractivity contribution in [3.05, 3.63) is 0 Å². The van der Waals surface area contributed by atoms with Crippen molar-refractivity contribution in [2.75, 3.05) is 13.6 Å². The van der Waals surface area contributed by atoms with Gasteiger partial charge < -0.3 is 11.1 Å². The van der Waals surface area contributed by atoms with Crippen molar-refractivity contribution in [3.8, 4) is 0 Å². The van der Waals surface area contributed by atoms with Crippen LogP contribution in [0.3, 0.4) is 0 Å². The summed E-state index contributed by atoms with van der Waals surface area (Å²) in [4.78, 5) is 14.3. The topological polar surface area (TPSA) is 106 Å². The summed E-state index contributed by atoms with van der Waals surface area (Å²) in [6, 6.07) is 0. The molecule has 1 amide bonds. The summed E-state index contributed by atoms with van der Waals surface area (Å²) in [5.74, 6) is 4.98. The molecule has 0 saturated carbocycles. The Morgan fingerprint density at radius 3 is 2.73 bits per heavy atom. The van der Waals surface area contributed by atoms with Gasteiger partial charge in [-0.1, -0.05) is 0 Å². The normalized spacial score (nSPS) is 10.9. The molecule has 0 fully saturated rings. The van der Waals surface area contributed by atoms with Gasteiger partial charge in [0.25, 0.3) is 0 Å². The van der Waals surface area contributed by atoms with Crippen LogP contribution >= 0.6 is 0 Å². The number of rotatable bonds is 3. The van der Waals surface area contributed by atoms with Gasteiger partial charge in [0.1, 0.15) is 0 Å². The molecule has 0 atom stereocenters. The van der Waals surface area contributed by atoms with Crippen molar-refractivity contribution in [2.24, 2.45) is 16.6 Å². The van der Waals surface area contributed by atoms with E-state index in [1.807, 2.05) is 0 Å². The van der Waals surface area contributed by atoms with Crippen LogP contribution in [0.2, 0.25) is 0 Å². The zero-order valence-electron chi connectivity index (χ0n) is 6.42. The first-order valence-corrected chi connectivity index (χ1v) is 3.17. The van der Waals surface area contributed by atoms with E-state index in [-0.39, 0.29) is 11.9 Å². The minimum absolute atomic E-state index is 0.0708. The van der Waals surface area contributed by atoms with E-state index in [2.05, 4.69) is 15.7 Å². The van der Waals surface area contributed by atoms with Crippen LogP contribution in [0.1, 0.15) is 6.42 Å². The molecule has 6 heteroatoms. The van der Waals surface area contributed by atoms with Crippen molar-refractivity contribution >= 4 is 11.9 Å². The van der Waals surface area contributed by atoms with Crippen LogP contribution in [0.15, 0.2) is 4.99 Å². The molecule has 6 nitrogen and oxygen atoms in total. The molecule has 0 aliphatic rings. The highest BCUT2D eigenvalue weighted by atomic mass is 16.1. The van der Waals surface area contributed by atoms with Gasteiger partial charge in [0, 0.05) is 13.5 Å². The first-order valence-electron chi connectivity index (χ1n) is 3.17. The Hall–Kier alpha value is -1.30. The number of nitrogens with zero attached hydrogens (tertiary/aromatic N) is 1. The maximum absolute atomic E-state index is 10.6. The lowest BCUT2D eigenvalue weighted by molar-refractivity contribution is -0.120. The summed E-state index contributed by atoms with van der Waals surface area (Å²) >= 11 is 0. The molecule has 0 saturated heterocycles. The van der Waals surface area contributed by atoms with E-state index in [4.69, 9.17) is 11.6 Å². The zero-order valence-corrected chi connectivity index (χ0v) is 6.42. The van der Waals surface area contributed by atoms with E-state index in [1.54, 1.807) is 7.05 Å². The molecule has 0 unspecified atom stereocenters. The van der Waals surface area contributed by atoms with Crippen molar-refractivity contribution in [2.45, 2.75) is 6.42 Å². The van der Waals surface area contributed by atoms with E-state index in [9.17, 15) is 4.79 Å². The Morgan fingerprint density at radius 2 is 2.27 bits per heavy atom. The van der Waals surface area contributed by atoms with Gasteiger partial charge in [0.2, 0.25) is 11.9 Å². The van der Waals surface area contributed by atoms with Crippen LogP contribution in [0.4, 0.5) is 0 Å². The molecule has 0 heterocycles. The van der Waals surface area contributed by atoms with Gasteiger partial charge in [-0.05, 0) is 0 Å². The fourth-order valence-corrected chi connectivity index (χ4v) is 0.449. The quantitative estimate of drug-likeness (QED) is 0.164. The molecule has 0 aromatic heterocycles. The summed E-state index contributed by atoms with van der Waals surface area (Å²) in [7, 11) is 1.57. The van der Waals surface area contributed by atoms with Crippen LogP contribution in [0, 0.1) is 0 Å². The number of amides is 1. The van der Waals surface area contributed by atoms with E-state index in [0.717, 1.165) is 0 Å². The average Bonchev–Trinajstić information content (AvgIpc) is 2.04. The summed E-state index contributed by atoms with van der Waals surface area (Å²) in [5, 5.41) is 2.46. The highest BCUT2D eigenvalue weighted by Crippen LogP contribution is 1.79. The van der Waals surface area contributed by atoms with Gasteiger partial charge >= 0.3 is 0 Å². The van der Waals surface area contributed by atoms with Crippen LogP contribution in [-0.4, -0.2) is 25.5 Å². The van der Waals surface area contributed by atoms with Crippen molar-refractivity contribution in [3.63, 3.8) is 0 Å². The van der Waals surface area contributed by atoms with Crippen molar-refractivity contribution < 1.29 is 4.79 Å². The van der Waals surface area contributed by atoms with E-state index < -0.39 is 0 Å². The van der Waals surface area contributed by atoms with Gasteiger partial charge in [0.15, 0.2) is 0 Å². The van der Waals surface area contributed by atoms with Crippen LogP contribution < -0.4 is 22.3 Å². The second kappa shape index (κ2) is 5.48. The van der Waals surface area contributed by atoms with Crippen molar-refractivity contribution in [1.82, 2.24) is 10.7 Å². The number of carbonyl (C=O) groups excluding carboxylic acids is 1. The number of nitrogens with one attached hydrogen (secondary N) is 2. The number of hydrazine groups is 1. The number of carbonyl (C=O) groups is 1. The molecule has 0 spiro atoms. The Balaban J connectivity index is 3.48. The average molecular weight is 159 g/mol. The first kappa shape index (κ1) is 9.70. The van der Waals surface area contributed by atoms with Crippen molar-refractivity contribution in [1.29, 1.82) is 0 Å². The summed E-state index contributed by atoms with van der Waals surface area (Å²) < 4.78 is 0. The SMILES string of the molecule is CNC(=O)CCN=C(N)NN. The highest BCUT2D eigenvalue weighted by molar-refractivity contribution is 5.78. The van der Waals surface area contributed by atoms with Gasteiger partial charge in [-0.2, -0.15) is 0 Å². The molecule has 6 N–H and O–H groups in total. The van der Waals surface area contributed by atoms with Crippen LogP contribution in [-0.2, 0) is 4.79 Å². The Labute approximate surface area is 65.0 Å². The first-order chi connectivity index (χ1) is 5.20. The Bertz CT molecular complexity index is 155. The molecule has 11 heavy (non-hydrogen) atoms. The molecule has 0 bridgehead atoms. The van der Waals surface area contributed by atoms with Gasteiger partial charge in [-0.25, -0.2) is 5.84 Å². The lowest BCUT2D eigenvalue weighted by atomic mass is 10.4. The standard InChI is InChI=1S/C5H13N5O/c1-8-4(11)2-3-9-5(6)10-7/h2-3,7H2,1H3,(H,8,11)(H3,6,9,10). The molecule has 0 aliphatic heterocycles. The van der Waals surface area contributed by atoms with E-state index in [1.165, 1.54) is 0 Å².